The second-order valence-corrected chi connectivity index (χ2v) is 15.2. The minimum atomic E-state index is -0.0696. The van der Waals surface area contributed by atoms with Crippen molar-refractivity contribution in [1.82, 2.24) is 15.0 Å². The molecular weight excluding hydrogens is 683 g/mol. The third-order valence-electron chi connectivity index (χ3n) is 11.5. The van der Waals surface area contributed by atoms with Crippen molar-refractivity contribution >= 4 is 32.8 Å². The third kappa shape index (κ3) is 5.10. The third-order valence-corrected chi connectivity index (χ3v) is 11.5. The predicted octanol–water partition coefficient (Wildman–Crippen LogP) is 13.6. The summed E-state index contributed by atoms with van der Waals surface area (Å²) in [5, 5.41) is 4.31. The molecule has 3 heterocycles. The molecule has 0 saturated heterocycles. The Labute approximate surface area is 324 Å². The van der Waals surface area contributed by atoms with Crippen molar-refractivity contribution in [3.05, 3.63) is 187 Å². The molecule has 4 nitrogen and oxygen atoms in total. The first kappa shape index (κ1) is 32.3. The van der Waals surface area contributed by atoms with Crippen molar-refractivity contribution in [2.45, 2.75) is 19.3 Å². The lowest BCUT2D eigenvalue weighted by molar-refractivity contribution is 0.655. The summed E-state index contributed by atoms with van der Waals surface area (Å²) < 4.78 is 6.32. The second-order valence-electron chi connectivity index (χ2n) is 15.2. The van der Waals surface area contributed by atoms with Crippen LogP contribution in [0.25, 0.3) is 100 Å². The SMILES string of the molecule is CC1(C)c2ccccc2-c2ccc(-c3cccc(-c4cc(-c5cccc(-c6nc7oc8ccccc8c7c7ccccc67)c5)nc(-c5ccccc5)n4)c3)cc21. The highest BCUT2D eigenvalue weighted by Gasteiger charge is 2.35. The number of rotatable bonds is 5. The van der Waals surface area contributed by atoms with Gasteiger partial charge in [-0.3, -0.25) is 0 Å². The zero-order valence-electron chi connectivity index (χ0n) is 31.0. The average molecular weight is 718 g/mol. The van der Waals surface area contributed by atoms with E-state index in [-0.39, 0.29) is 5.41 Å². The Balaban J connectivity index is 1.04. The van der Waals surface area contributed by atoms with Gasteiger partial charge in [-0.1, -0.05) is 159 Å². The van der Waals surface area contributed by atoms with E-state index in [2.05, 4.69) is 153 Å². The van der Waals surface area contributed by atoms with Gasteiger partial charge in [-0.25, -0.2) is 15.0 Å². The Morgan fingerprint density at radius 1 is 0.411 bits per heavy atom. The lowest BCUT2D eigenvalue weighted by Gasteiger charge is -2.22. The van der Waals surface area contributed by atoms with E-state index in [4.69, 9.17) is 19.4 Å². The first-order valence-electron chi connectivity index (χ1n) is 19.1. The van der Waals surface area contributed by atoms with Crippen LogP contribution in [0.15, 0.2) is 180 Å². The van der Waals surface area contributed by atoms with Crippen LogP contribution in [0.2, 0.25) is 0 Å². The van der Waals surface area contributed by atoms with Crippen LogP contribution in [-0.2, 0) is 5.41 Å². The number of hydrogen-bond donors (Lipinski definition) is 0. The van der Waals surface area contributed by atoms with Crippen LogP contribution in [0, 0.1) is 0 Å². The summed E-state index contributed by atoms with van der Waals surface area (Å²) in [6, 6.07) is 61.9. The van der Waals surface area contributed by atoms with Gasteiger partial charge in [-0.2, -0.15) is 0 Å². The quantitative estimate of drug-likeness (QED) is 0.178. The molecule has 0 saturated carbocycles. The topological polar surface area (TPSA) is 51.8 Å². The van der Waals surface area contributed by atoms with E-state index >= 15 is 0 Å². The van der Waals surface area contributed by atoms with Crippen LogP contribution in [0.4, 0.5) is 0 Å². The lowest BCUT2D eigenvalue weighted by atomic mass is 9.81. The summed E-state index contributed by atoms with van der Waals surface area (Å²) in [4.78, 5) is 15.5. The highest BCUT2D eigenvalue weighted by Crippen LogP contribution is 2.49. The van der Waals surface area contributed by atoms with Crippen LogP contribution in [0.5, 0.6) is 0 Å². The van der Waals surface area contributed by atoms with E-state index in [9.17, 15) is 0 Å². The molecule has 0 bridgehead atoms. The van der Waals surface area contributed by atoms with Gasteiger partial charge in [0.2, 0.25) is 5.71 Å². The molecule has 1 aliphatic carbocycles. The zero-order valence-corrected chi connectivity index (χ0v) is 31.0. The van der Waals surface area contributed by atoms with E-state index in [1.165, 1.54) is 27.8 Å². The molecule has 10 aromatic rings. The van der Waals surface area contributed by atoms with Gasteiger partial charge < -0.3 is 4.42 Å². The molecule has 3 aromatic heterocycles. The van der Waals surface area contributed by atoms with Crippen LogP contribution in [0.3, 0.4) is 0 Å². The predicted molar refractivity (Wildman–Crippen MR) is 229 cm³/mol. The molecule has 0 N–H and O–H groups in total. The van der Waals surface area contributed by atoms with Crippen molar-refractivity contribution in [1.29, 1.82) is 0 Å². The summed E-state index contributed by atoms with van der Waals surface area (Å²) >= 11 is 0. The van der Waals surface area contributed by atoms with Gasteiger partial charge in [0.25, 0.3) is 0 Å². The van der Waals surface area contributed by atoms with Gasteiger partial charge >= 0.3 is 0 Å². The minimum Gasteiger partial charge on any atom is -0.438 e. The molecule has 1 aliphatic rings. The van der Waals surface area contributed by atoms with Crippen molar-refractivity contribution in [3.8, 4) is 67.4 Å². The molecule has 0 atom stereocenters. The van der Waals surface area contributed by atoms with Crippen molar-refractivity contribution in [2.24, 2.45) is 0 Å². The highest BCUT2D eigenvalue weighted by molar-refractivity contribution is 6.20. The summed E-state index contributed by atoms with van der Waals surface area (Å²) in [5.41, 5.74) is 15.7. The number of pyridine rings is 1. The van der Waals surface area contributed by atoms with Gasteiger partial charge in [0.05, 0.1) is 22.5 Å². The molecule has 11 rings (SSSR count). The van der Waals surface area contributed by atoms with Crippen molar-refractivity contribution in [3.63, 3.8) is 0 Å². The number of benzene rings is 7. The fourth-order valence-electron chi connectivity index (χ4n) is 8.69. The van der Waals surface area contributed by atoms with E-state index in [0.29, 0.717) is 11.5 Å². The molecule has 0 spiro atoms. The van der Waals surface area contributed by atoms with Crippen LogP contribution < -0.4 is 0 Å². The molecule has 56 heavy (non-hydrogen) atoms. The number of aromatic nitrogens is 3. The highest BCUT2D eigenvalue weighted by atomic mass is 16.3. The maximum absolute atomic E-state index is 6.32. The van der Waals surface area contributed by atoms with Crippen LogP contribution in [0.1, 0.15) is 25.0 Å². The number of hydrogen-bond acceptors (Lipinski definition) is 4. The average Bonchev–Trinajstić information content (AvgIpc) is 3.75. The Bertz CT molecular complexity index is 3180. The van der Waals surface area contributed by atoms with Crippen LogP contribution in [-0.4, -0.2) is 15.0 Å². The molecule has 0 radical (unpaired) electrons. The van der Waals surface area contributed by atoms with E-state index < -0.39 is 0 Å². The molecule has 264 valence electrons. The number of fused-ring (bicyclic) bond motifs is 8. The van der Waals surface area contributed by atoms with Crippen LogP contribution >= 0.6 is 0 Å². The zero-order chi connectivity index (χ0) is 37.4. The number of furan rings is 1. The van der Waals surface area contributed by atoms with Gasteiger partial charge in [-0.15, -0.1) is 0 Å². The first-order chi connectivity index (χ1) is 27.5. The van der Waals surface area contributed by atoms with Crippen molar-refractivity contribution < 1.29 is 4.42 Å². The Kier molecular flexibility index (Phi) is 7.17. The van der Waals surface area contributed by atoms with E-state index in [0.717, 1.165) is 72.0 Å². The van der Waals surface area contributed by atoms with Gasteiger partial charge in [0, 0.05) is 38.4 Å². The maximum Gasteiger partial charge on any atom is 0.228 e. The van der Waals surface area contributed by atoms with Gasteiger partial charge in [-0.05, 0) is 69.1 Å². The van der Waals surface area contributed by atoms with E-state index in [1.807, 2.05) is 36.4 Å². The Hall–Kier alpha value is -7.17. The van der Waals surface area contributed by atoms with E-state index in [1.54, 1.807) is 0 Å². The number of nitrogens with zero attached hydrogens (tertiary/aromatic N) is 3. The molecule has 0 amide bonds. The largest absolute Gasteiger partial charge is 0.438 e. The summed E-state index contributed by atoms with van der Waals surface area (Å²) in [7, 11) is 0. The lowest BCUT2D eigenvalue weighted by Crippen LogP contribution is -2.14. The monoisotopic (exact) mass is 717 g/mol. The Morgan fingerprint density at radius 2 is 1.00 bits per heavy atom. The smallest absolute Gasteiger partial charge is 0.228 e. The van der Waals surface area contributed by atoms with Crippen molar-refractivity contribution in [2.75, 3.05) is 0 Å². The summed E-state index contributed by atoms with van der Waals surface area (Å²) in [6.07, 6.45) is 0. The second kappa shape index (κ2) is 12.4. The molecule has 0 fully saturated rings. The van der Waals surface area contributed by atoms with Gasteiger partial charge in [0.15, 0.2) is 5.82 Å². The normalized spacial score (nSPS) is 13.0. The fourth-order valence-corrected chi connectivity index (χ4v) is 8.69. The minimum absolute atomic E-state index is 0.0696. The molecule has 7 aromatic carbocycles. The fraction of sp³-hybridized carbons (Fsp3) is 0.0577. The molecule has 0 aliphatic heterocycles. The standard InChI is InChI=1S/C52H35N3O/c1-52(2)43-24-10-8-20-38(43)39-27-26-34(30-44(39)52)33-16-12-17-35(28-33)45-31-46(54-50(53-45)32-14-4-3-5-15-32)36-18-13-19-37(29-36)49-41-22-7-6-21-40(41)48-42-23-9-11-25-47(42)56-51(48)55-49/h3-31H,1-2H3. The molecular formula is C52H35N3O. The first-order valence-corrected chi connectivity index (χ1v) is 19.1. The maximum atomic E-state index is 6.32. The molecule has 0 unspecified atom stereocenters. The van der Waals surface area contributed by atoms with Gasteiger partial charge in [0.1, 0.15) is 5.58 Å². The Morgan fingerprint density at radius 3 is 1.80 bits per heavy atom. The summed E-state index contributed by atoms with van der Waals surface area (Å²) in [5.74, 6) is 0.679. The summed E-state index contributed by atoms with van der Waals surface area (Å²) in [6.45, 7) is 4.66. The molecule has 4 heteroatoms. The number of para-hydroxylation sites is 1.